The maximum absolute atomic E-state index is 12.3. The van der Waals surface area contributed by atoms with Gasteiger partial charge in [0.2, 0.25) is 0 Å². The van der Waals surface area contributed by atoms with E-state index < -0.39 is 18.1 Å². The molecule has 1 rings (SSSR count). The Hall–Kier alpha value is -0.580. The third kappa shape index (κ3) is 5.43. The molecule has 0 aliphatic carbocycles. The van der Waals surface area contributed by atoms with E-state index in [1.165, 1.54) is 0 Å². The summed E-state index contributed by atoms with van der Waals surface area (Å²) in [5.41, 5.74) is 0.437. The van der Waals surface area contributed by atoms with E-state index in [1.54, 1.807) is 6.92 Å². The zero-order valence-corrected chi connectivity index (χ0v) is 14.0. The van der Waals surface area contributed by atoms with Crippen molar-refractivity contribution in [1.29, 1.82) is 0 Å². The lowest BCUT2D eigenvalue weighted by Crippen LogP contribution is -2.19. The van der Waals surface area contributed by atoms with Crippen molar-refractivity contribution in [2.24, 2.45) is 0 Å². The quantitative estimate of drug-likeness (QED) is 0.287. The average Bonchev–Trinajstić information content (AvgIpc) is 2.31. The molecule has 0 saturated carbocycles. The second kappa shape index (κ2) is 7.43. The topological polar surface area (TPSA) is 48.4 Å². The maximum Gasteiger partial charge on any atom is 0.573 e. The Morgan fingerprint density at radius 2 is 2.15 bits per heavy atom. The van der Waals surface area contributed by atoms with Gasteiger partial charge < -0.3 is 9.47 Å². The predicted octanol–water partition coefficient (Wildman–Crippen LogP) is 3.59. The van der Waals surface area contributed by atoms with Gasteiger partial charge in [0.25, 0.3) is 0 Å². The van der Waals surface area contributed by atoms with E-state index >= 15 is 0 Å². The molecular weight excluding hydrogens is 458 g/mol. The number of pyridine rings is 1. The molecule has 0 bridgehead atoms. The number of alkyl halides is 4. The first-order chi connectivity index (χ1) is 9.26. The van der Waals surface area contributed by atoms with Crippen LogP contribution in [0.25, 0.3) is 0 Å². The molecule has 0 fully saturated rings. The third-order valence-electron chi connectivity index (χ3n) is 2.08. The molecule has 1 aromatic heterocycles. The summed E-state index contributed by atoms with van der Waals surface area (Å²) in [6, 6.07) is 1.16. The van der Waals surface area contributed by atoms with Gasteiger partial charge in [-0.25, -0.2) is 4.98 Å². The van der Waals surface area contributed by atoms with Crippen LogP contribution in [0.1, 0.15) is 18.2 Å². The minimum Gasteiger partial charge on any atom is -0.466 e. The SMILES string of the molecule is CCOC(=O)Cc1cc(OC(F)(F)F)c(CBr)nc1I. The summed E-state index contributed by atoms with van der Waals surface area (Å²) in [6.07, 6.45) is -4.97. The highest BCUT2D eigenvalue weighted by molar-refractivity contribution is 14.1. The zero-order valence-electron chi connectivity index (χ0n) is 10.3. The molecule has 0 aliphatic rings. The van der Waals surface area contributed by atoms with Gasteiger partial charge in [-0.3, -0.25) is 4.79 Å². The number of halogens is 5. The molecule has 0 amide bonds. The van der Waals surface area contributed by atoms with Gasteiger partial charge in [0, 0.05) is 5.33 Å². The summed E-state index contributed by atoms with van der Waals surface area (Å²) < 4.78 is 46.0. The number of hydrogen-bond acceptors (Lipinski definition) is 4. The number of carbonyl (C=O) groups is 1. The molecule has 0 atom stereocenters. The summed E-state index contributed by atoms with van der Waals surface area (Å²) in [4.78, 5) is 15.4. The van der Waals surface area contributed by atoms with Crippen LogP contribution in [0.2, 0.25) is 0 Å². The summed E-state index contributed by atoms with van der Waals surface area (Å²) in [5, 5.41) is 0.105. The highest BCUT2D eigenvalue weighted by atomic mass is 127. The highest BCUT2D eigenvalue weighted by Crippen LogP contribution is 2.29. The largest absolute Gasteiger partial charge is 0.573 e. The Morgan fingerprint density at radius 1 is 1.50 bits per heavy atom. The molecule has 112 valence electrons. The first kappa shape index (κ1) is 17.5. The van der Waals surface area contributed by atoms with Crippen LogP contribution in [0.3, 0.4) is 0 Å². The Balaban J connectivity index is 3.07. The molecule has 0 aromatic carbocycles. The molecule has 1 heterocycles. The molecule has 0 unspecified atom stereocenters. The third-order valence-corrected chi connectivity index (χ3v) is 3.55. The number of rotatable bonds is 5. The Morgan fingerprint density at radius 3 is 2.65 bits per heavy atom. The van der Waals surface area contributed by atoms with E-state index in [2.05, 4.69) is 25.7 Å². The van der Waals surface area contributed by atoms with E-state index in [9.17, 15) is 18.0 Å². The monoisotopic (exact) mass is 467 g/mol. The molecule has 0 aliphatic heterocycles. The molecule has 0 radical (unpaired) electrons. The minimum atomic E-state index is -4.81. The fourth-order valence-electron chi connectivity index (χ4n) is 1.35. The number of esters is 1. The van der Waals surface area contributed by atoms with Crippen molar-refractivity contribution in [3.63, 3.8) is 0 Å². The van der Waals surface area contributed by atoms with E-state index in [-0.39, 0.29) is 24.1 Å². The van der Waals surface area contributed by atoms with Crippen LogP contribution in [0.4, 0.5) is 13.2 Å². The summed E-state index contributed by atoms with van der Waals surface area (Å²) in [6.45, 7) is 1.85. The van der Waals surface area contributed by atoms with Gasteiger partial charge >= 0.3 is 12.3 Å². The number of ether oxygens (including phenoxy) is 2. The Bertz CT molecular complexity index is 497. The van der Waals surface area contributed by atoms with Crippen molar-refractivity contribution in [1.82, 2.24) is 4.98 Å². The van der Waals surface area contributed by atoms with E-state index in [4.69, 9.17) is 4.74 Å². The van der Waals surface area contributed by atoms with Gasteiger partial charge in [-0.15, -0.1) is 13.2 Å². The summed E-state index contributed by atoms with van der Waals surface area (Å²) >= 11 is 4.89. The van der Waals surface area contributed by atoms with Crippen LogP contribution < -0.4 is 4.74 Å². The standard InChI is InChI=1S/C11H10BrF3INO3/c1-2-19-9(18)4-6-3-8(20-11(13,14)15)7(5-12)17-10(6)16/h3H,2,4-5H2,1H3. The molecule has 4 nitrogen and oxygen atoms in total. The van der Waals surface area contributed by atoms with E-state index in [0.29, 0.717) is 9.26 Å². The highest BCUT2D eigenvalue weighted by Gasteiger charge is 2.32. The lowest BCUT2D eigenvalue weighted by atomic mass is 10.2. The zero-order chi connectivity index (χ0) is 15.3. The fraction of sp³-hybridized carbons (Fsp3) is 0.455. The molecule has 20 heavy (non-hydrogen) atoms. The second-order valence-electron chi connectivity index (χ2n) is 3.55. The number of carbonyl (C=O) groups excluding carboxylic acids is 1. The van der Waals surface area contributed by atoms with Gasteiger partial charge in [0.05, 0.1) is 18.7 Å². The number of aromatic nitrogens is 1. The van der Waals surface area contributed by atoms with Crippen LogP contribution >= 0.6 is 38.5 Å². The second-order valence-corrected chi connectivity index (χ2v) is 5.13. The number of nitrogens with zero attached hydrogens (tertiary/aromatic N) is 1. The van der Waals surface area contributed by atoms with Crippen molar-refractivity contribution in [3.8, 4) is 5.75 Å². The van der Waals surface area contributed by atoms with Gasteiger partial charge in [0.15, 0.2) is 5.75 Å². The molecule has 0 spiro atoms. The van der Waals surface area contributed by atoms with Crippen LogP contribution in [-0.2, 0) is 21.3 Å². The van der Waals surface area contributed by atoms with Crippen molar-refractivity contribution >= 4 is 44.5 Å². The smallest absolute Gasteiger partial charge is 0.466 e. The Labute approximate surface area is 135 Å². The predicted molar refractivity (Wildman–Crippen MR) is 76.6 cm³/mol. The van der Waals surface area contributed by atoms with Gasteiger partial charge in [0.1, 0.15) is 3.70 Å². The van der Waals surface area contributed by atoms with Crippen molar-refractivity contribution in [3.05, 3.63) is 21.0 Å². The van der Waals surface area contributed by atoms with Gasteiger partial charge in [-0.1, -0.05) is 15.9 Å². The molecular formula is C11H10BrF3INO3. The van der Waals surface area contributed by atoms with Gasteiger partial charge in [-0.05, 0) is 41.1 Å². The van der Waals surface area contributed by atoms with Crippen LogP contribution in [-0.4, -0.2) is 23.9 Å². The first-order valence-electron chi connectivity index (χ1n) is 5.42. The molecule has 0 saturated heterocycles. The fourth-order valence-corrected chi connectivity index (χ4v) is 2.39. The van der Waals surface area contributed by atoms with Crippen LogP contribution in [0.15, 0.2) is 6.07 Å². The van der Waals surface area contributed by atoms with Gasteiger partial charge in [-0.2, -0.15) is 0 Å². The average molecular weight is 468 g/mol. The van der Waals surface area contributed by atoms with Crippen LogP contribution in [0.5, 0.6) is 5.75 Å². The molecule has 0 N–H and O–H groups in total. The minimum absolute atomic E-state index is 0.105. The molecule has 1 aromatic rings. The number of hydrogen-bond donors (Lipinski definition) is 0. The van der Waals surface area contributed by atoms with E-state index in [1.807, 2.05) is 22.6 Å². The summed E-state index contributed by atoms with van der Waals surface area (Å²) in [5.74, 6) is -0.953. The van der Waals surface area contributed by atoms with Crippen molar-refractivity contribution < 1.29 is 27.4 Å². The van der Waals surface area contributed by atoms with Crippen molar-refractivity contribution in [2.45, 2.75) is 25.0 Å². The normalized spacial score (nSPS) is 11.3. The first-order valence-corrected chi connectivity index (χ1v) is 7.62. The maximum atomic E-state index is 12.3. The van der Waals surface area contributed by atoms with E-state index in [0.717, 1.165) is 6.07 Å². The lowest BCUT2D eigenvalue weighted by Gasteiger charge is -2.14. The lowest BCUT2D eigenvalue weighted by molar-refractivity contribution is -0.275. The Kier molecular flexibility index (Phi) is 6.49. The van der Waals surface area contributed by atoms with Crippen LogP contribution in [0, 0.1) is 3.70 Å². The van der Waals surface area contributed by atoms with Crippen molar-refractivity contribution in [2.75, 3.05) is 6.61 Å². The summed E-state index contributed by atoms with van der Waals surface area (Å²) in [7, 11) is 0. The molecule has 9 heteroatoms.